The Morgan fingerprint density at radius 3 is 2.77 bits per heavy atom. The van der Waals surface area contributed by atoms with Crippen LogP contribution in [0.3, 0.4) is 0 Å². The maximum Gasteiger partial charge on any atom is 0.141 e. The van der Waals surface area contributed by atoms with Gasteiger partial charge in [-0.25, -0.2) is 4.39 Å². The molecule has 0 bridgehead atoms. The summed E-state index contributed by atoms with van der Waals surface area (Å²) in [6.45, 7) is 1.89. The summed E-state index contributed by atoms with van der Waals surface area (Å²) in [5.41, 5.74) is 6.79. The summed E-state index contributed by atoms with van der Waals surface area (Å²) in [7, 11) is 1.53. The SMILES string of the molecule is COc1ccc(C)cc1C(F)CN. The van der Waals surface area contributed by atoms with Gasteiger partial charge >= 0.3 is 0 Å². The van der Waals surface area contributed by atoms with Gasteiger partial charge in [0, 0.05) is 12.1 Å². The number of hydrogen-bond acceptors (Lipinski definition) is 2. The van der Waals surface area contributed by atoms with E-state index in [1.807, 2.05) is 13.0 Å². The summed E-state index contributed by atoms with van der Waals surface area (Å²) in [5.74, 6) is 0.559. The summed E-state index contributed by atoms with van der Waals surface area (Å²) in [6.07, 6.45) is -1.14. The second-order valence-corrected chi connectivity index (χ2v) is 2.95. The molecular weight excluding hydrogens is 169 g/mol. The molecule has 0 saturated carbocycles. The van der Waals surface area contributed by atoms with Crippen LogP contribution in [0.5, 0.6) is 5.75 Å². The topological polar surface area (TPSA) is 35.2 Å². The Labute approximate surface area is 77.5 Å². The molecule has 1 aromatic carbocycles. The first-order chi connectivity index (χ1) is 6.19. The van der Waals surface area contributed by atoms with E-state index in [4.69, 9.17) is 10.5 Å². The van der Waals surface area contributed by atoms with Crippen molar-refractivity contribution in [2.75, 3.05) is 13.7 Å². The molecule has 2 N–H and O–H groups in total. The van der Waals surface area contributed by atoms with Crippen LogP contribution < -0.4 is 10.5 Å². The van der Waals surface area contributed by atoms with Crippen LogP contribution in [0.4, 0.5) is 4.39 Å². The minimum atomic E-state index is -1.14. The van der Waals surface area contributed by atoms with E-state index in [1.54, 1.807) is 12.1 Å². The fourth-order valence-corrected chi connectivity index (χ4v) is 1.23. The highest BCUT2D eigenvalue weighted by Gasteiger charge is 2.12. The molecule has 13 heavy (non-hydrogen) atoms. The quantitative estimate of drug-likeness (QED) is 0.777. The normalized spacial score (nSPS) is 12.6. The minimum absolute atomic E-state index is 0.0141. The summed E-state index contributed by atoms with van der Waals surface area (Å²) < 4.78 is 18.3. The molecule has 0 saturated heterocycles. The van der Waals surface area contributed by atoms with Gasteiger partial charge in [0.15, 0.2) is 0 Å². The van der Waals surface area contributed by atoms with Gasteiger partial charge in [0.1, 0.15) is 11.9 Å². The van der Waals surface area contributed by atoms with Crippen LogP contribution in [-0.2, 0) is 0 Å². The highest BCUT2D eigenvalue weighted by molar-refractivity contribution is 5.38. The number of ether oxygens (including phenoxy) is 1. The smallest absolute Gasteiger partial charge is 0.141 e. The number of aryl methyl sites for hydroxylation is 1. The van der Waals surface area contributed by atoms with Crippen LogP contribution >= 0.6 is 0 Å². The third-order valence-corrected chi connectivity index (χ3v) is 1.93. The largest absolute Gasteiger partial charge is 0.496 e. The molecule has 1 aromatic rings. The van der Waals surface area contributed by atoms with Gasteiger partial charge in [-0.1, -0.05) is 11.6 Å². The van der Waals surface area contributed by atoms with E-state index < -0.39 is 6.17 Å². The molecule has 0 fully saturated rings. The van der Waals surface area contributed by atoms with Crippen molar-refractivity contribution in [3.63, 3.8) is 0 Å². The molecule has 72 valence electrons. The van der Waals surface area contributed by atoms with Crippen LogP contribution in [-0.4, -0.2) is 13.7 Å². The zero-order valence-electron chi connectivity index (χ0n) is 7.88. The fraction of sp³-hybridized carbons (Fsp3) is 0.400. The zero-order chi connectivity index (χ0) is 9.84. The van der Waals surface area contributed by atoms with Crippen molar-refractivity contribution in [2.24, 2.45) is 5.73 Å². The van der Waals surface area contributed by atoms with Crippen molar-refractivity contribution in [3.05, 3.63) is 29.3 Å². The maximum atomic E-state index is 13.3. The Morgan fingerprint density at radius 2 is 2.23 bits per heavy atom. The predicted molar refractivity (Wildman–Crippen MR) is 50.6 cm³/mol. The van der Waals surface area contributed by atoms with Crippen molar-refractivity contribution in [3.8, 4) is 5.75 Å². The van der Waals surface area contributed by atoms with Crippen LogP contribution in [0.15, 0.2) is 18.2 Å². The number of hydrogen-bond donors (Lipinski definition) is 1. The fourth-order valence-electron chi connectivity index (χ4n) is 1.23. The lowest BCUT2D eigenvalue weighted by atomic mass is 10.1. The Kier molecular flexibility index (Phi) is 3.25. The van der Waals surface area contributed by atoms with E-state index in [2.05, 4.69) is 0 Å². The number of benzene rings is 1. The highest BCUT2D eigenvalue weighted by atomic mass is 19.1. The van der Waals surface area contributed by atoms with Crippen LogP contribution in [0.25, 0.3) is 0 Å². The van der Waals surface area contributed by atoms with Crippen molar-refractivity contribution in [1.82, 2.24) is 0 Å². The van der Waals surface area contributed by atoms with Crippen molar-refractivity contribution < 1.29 is 9.13 Å². The second kappa shape index (κ2) is 4.23. The second-order valence-electron chi connectivity index (χ2n) is 2.95. The van der Waals surface area contributed by atoms with Crippen LogP contribution in [0.2, 0.25) is 0 Å². The molecule has 3 heteroatoms. The molecular formula is C10H14FNO. The number of methoxy groups -OCH3 is 1. The van der Waals surface area contributed by atoms with E-state index in [1.165, 1.54) is 7.11 Å². The maximum absolute atomic E-state index is 13.3. The number of alkyl halides is 1. The van der Waals surface area contributed by atoms with Gasteiger partial charge < -0.3 is 10.5 Å². The van der Waals surface area contributed by atoms with Gasteiger partial charge in [-0.15, -0.1) is 0 Å². The standard InChI is InChI=1S/C10H14FNO/c1-7-3-4-10(13-2)8(5-7)9(11)6-12/h3-5,9H,6,12H2,1-2H3. The summed E-state index contributed by atoms with van der Waals surface area (Å²) in [6, 6.07) is 5.40. The van der Waals surface area contributed by atoms with E-state index in [-0.39, 0.29) is 6.54 Å². The van der Waals surface area contributed by atoms with E-state index in [0.717, 1.165) is 5.56 Å². The average Bonchev–Trinajstić information content (AvgIpc) is 2.16. The Hall–Kier alpha value is -1.09. The van der Waals surface area contributed by atoms with Gasteiger partial charge in [0.25, 0.3) is 0 Å². The first-order valence-electron chi connectivity index (χ1n) is 4.17. The van der Waals surface area contributed by atoms with Crippen molar-refractivity contribution in [2.45, 2.75) is 13.1 Å². The van der Waals surface area contributed by atoms with Gasteiger partial charge in [0.05, 0.1) is 7.11 Å². The average molecular weight is 183 g/mol. The van der Waals surface area contributed by atoms with E-state index in [9.17, 15) is 4.39 Å². The van der Waals surface area contributed by atoms with Crippen LogP contribution in [0.1, 0.15) is 17.3 Å². The minimum Gasteiger partial charge on any atom is -0.496 e. The first-order valence-corrected chi connectivity index (χ1v) is 4.17. The Balaban J connectivity index is 3.07. The Bertz CT molecular complexity index is 288. The molecule has 1 atom stereocenters. The lowest BCUT2D eigenvalue weighted by Gasteiger charge is -2.11. The van der Waals surface area contributed by atoms with Crippen LogP contribution in [0, 0.1) is 6.92 Å². The first kappa shape index (κ1) is 9.99. The van der Waals surface area contributed by atoms with Crippen molar-refractivity contribution in [1.29, 1.82) is 0 Å². The molecule has 0 aromatic heterocycles. The lowest BCUT2D eigenvalue weighted by molar-refractivity contribution is 0.331. The molecule has 0 aliphatic carbocycles. The number of nitrogens with two attached hydrogens (primary N) is 1. The third-order valence-electron chi connectivity index (χ3n) is 1.93. The molecule has 1 rings (SSSR count). The van der Waals surface area contributed by atoms with Gasteiger partial charge in [-0.2, -0.15) is 0 Å². The molecule has 0 radical (unpaired) electrons. The van der Waals surface area contributed by atoms with Gasteiger partial charge in [-0.3, -0.25) is 0 Å². The summed E-state index contributed by atoms with van der Waals surface area (Å²) >= 11 is 0. The number of halogens is 1. The summed E-state index contributed by atoms with van der Waals surface area (Å²) in [4.78, 5) is 0. The molecule has 0 amide bonds. The lowest BCUT2D eigenvalue weighted by Crippen LogP contribution is -2.09. The molecule has 1 unspecified atom stereocenters. The van der Waals surface area contributed by atoms with Gasteiger partial charge in [-0.05, 0) is 19.1 Å². The molecule has 0 heterocycles. The molecule has 0 aliphatic rings. The van der Waals surface area contributed by atoms with E-state index >= 15 is 0 Å². The predicted octanol–water partition coefficient (Wildman–Crippen LogP) is 1.97. The molecule has 0 spiro atoms. The highest BCUT2D eigenvalue weighted by Crippen LogP contribution is 2.27. The number of rotatable bonds is 3. The monoisotopic (exact) mass is 183 g/mol. The summed E-state index contributed by atoms with van der Waals surface area (Å²) in [5, 5.41) is 0. The van der Waals surface area contributed by atoms with E-state index in [0.29, 0.717) is 11.3 Å². The Morgan fingerprint density at radius 1 is 1.54 bits per heavy atom. The molecule has 2 nitrogen and oxygen atoms in total. The third kappa shape index (κ3) is 2.18. The molecule has 0 aliphatic heterocycles. The zero-order valence-corrected chi connectivity index (χ0v) is 7.88. The van der Waals surface area contributed by atoms with Crippen molar-refractivity contribution >= 4 is 0 Å². The van der Waals surface area contributed by atoms with Gasteiger partial charge in [0.2, 0.25) is 0 Å².